The summed E-state index contributed by atoms with van der Waals surface area (Å²) in [5, 5.41) is 3.51. The lowest BCUT2D eigenvalue weighted by atomic mass is 9.93. The number of hydrogen-bond donors (Lipinski definition) is 1. The van der Waals surface area contributed by atoms with E-state index >= 15 is 0 Å². The summed E-state index contributed by atoms with van der Waals surface area (Å²) in [5.74, 6) is 0.693. The van der Waals surface area contributed by atoms with Gasteiger partial charge in [-0.1, -0.05) is 23.2 Å². The number of carbonyl (C=O) groups is 1. The first-order valence-corrected chi connectivity index (χ1v) is 7.09. The van der Waals surface area contributed by atoms with Gasteiger partial charge in [-0.05, 0) is 25.0 Å². The Kier molecular flexibility index (Phi) is 3.68. The van der Waals surface area contributed by atoms with Crippen molar-refractivity contribution in [1.29, 1.82) is 0 Å². The largest absolute Gasteiger partial charge is 0.469 e. The molecule has 6 heteroatoms. The summed E-state index contributed by atoms with van der Waals surface area (Å²) in [6, 6.07) is 3.33. The van der Waals surface area contributed by atoms with Crippen molar-refractivity contribution in [3.05, 3.63) is 51.7 Å². The Balaban J connectivity index is 1.82. The molecule has 1 aliphatic rings. The molecule has 1 unspecified atom stereocenters. The molecule has 0 radical (unpaired) electrons. The van der Waals surface area contributed by atoms with Crippen LogP contribution in [0.5, 0.6) is 0 Å². The van der Waals surface area contributed by atoms with Gasteiger partial charge >= 0.3 is 0 Å². The van der Waals surface area contributed by atoms with E-state index in [1.807, 2.05) is 6.07 Å². The predicted molar refractivity (Wildman–Crippen MR) is 76.1 cm³/mol. The number of rotatable bonds is 2. The minimum absolute atomic E-state index is 0.0481. The minimum Gasteiger partial charge on any atom is -0.469 e. The summed E-state index contributed by atoms with van der Waals surface area (Å²) in [4.78, 5) is 16.1. The maximum Gasteiger partial charge on any atom is 0.253 e. The zero-order valence-corrected chi connectivity index (χ0v) is 12.0. The van der Waals surface area contributed by atoms with E-state index in [1.165, 1.54) is 12.3 Å². The number of furan rings is 1. The van der Waals surface area contributed by atoms with Gasteiger partial charge in [0.05, 0.1) is 22.9 Å². The van der Waals surface area contributed by atoms with Crippen LogP contribution >= 0.6 is 23.2 Å². The van der Waals surface area contributed by atoms with Crippen LogP contribution in [0, 0.1) is 0 Å². The fourth-order valence-electron chi connectivity index (χ4n) is 2.46. The summed E-state index contributed by atoms with van der Waals surface area (Å²) >= 11 is 11.8. The number of aryl methyl sites for hydroxylation is 1. The summed E-state index contributed by atoms with van der Waals surface area (Å²) in [6.45, 7) is 0. The number of aromatic nitrogens is 1. The third-order valence-electron chi connectivity index (χ3n) is 3.42. The van der Waals surface area contributed by atoms with Gasteiger partial charge in [0.25, 0.3) is 5.91 Å². The highest BCUT2D eigenvalue weighted by atomic mass is 35.5. The molecule has 0 saturated heterocycles. The second-order valence-electron chi connectivity index (χ2n) is 4.70. The molecule has 0 bridgehead atoms. The van der Waals surface area contributed by atoms with Crippen LogP contribution in [0.2, 0.25) is 10.2 Å². The van der Waals surface area contributed by atoms with Gasteiger partial charge in [0.15, 0.2) is 0 Å². The molecule has 104 valence electrons. The maximum atomic E-state index is 12.3. The molecule has 2 aromatic rings. The van der Waals surface area contributed by atoms with Crippen molar-refractivity contribution in [3.63, 3.8) is 0 Å². The highest BCUT2D eigenvalue weighted by Gasteiger charge is 2.25. The third-order valence-corrected chi connectivity index (χ3v) is 3.93. The number of halogens is 2. The van der Waals surface area contributed by atoms with Crippen molar-refractivity contribution in [2.24, 2.45) is 0 Å². The van der Waals surface area contributed by atoms with Crippen LogP contribution in [0.15, 0.2) is 29.0 Å². The summed E-state index contributed by atoms with van der Waals surface area (Å²) < 4.78 is 5.41. The molecule has 20 heavy (non-hydrogen) atoms. The van der Waals surface area contributed by atoms with Crippen molar-refractivity contribution in [2.45, 2.75) is 25.3 Å². The van der Waals surface area contributed by atoms with Crippen molar-refractivity contribution in [2.75, 3.05) is 0 Å². The van der Waals surface area contributed by atoms with Gasteiger partial charge in [-0.25, -0.2) is 4.98 Å². The van der Waals surface area contributed by atoms with E-state index < -0.39 is 0 Å². The molecule has 0 aromatic carbocycles. The van der Waals surface area contributed by atoms with Gasteiger partial charge in [-0.15, -0.1) is 0 Å². The highest BCUT2D eigenvalue weighted by Crippen LogP contribution is 2.31. The Morgan fingerprint density at radius 1 is 1.45 bits per heavy atom. The van der Waals surface area contributed by atoms with E-state index in [-0.39, 0.29) is 22.1 Å². The zero-order valence-electron chi connectivity index (χ0n) is 10.5. The van der Waals surface area contributed by atoms with Gasteiger partial charge in [0, 0.05) is 18.2 Å². The van der Waals surface area contributed by atoms with E-state index in [9.17, 15) is 4.79 Å². The van der Waals surface area contributed by atoms with Gasteiger partial charge in [-0.3, -0.25) is 4.79 Å². The number of amides is 1. The Labute approximate surface area is 126 Å². The van der Waals surface area contributed by atoms with Gasteiger partial charge in [0.2, 0.25) is 0 Å². The number of carbonyl (C=O) groups excluding carboxylic acids is 1. The first-order valence-electron chi connectivity index (χ1n) is 6.33. The van der Waals surface area contributed by atoms with Gasteiger partial charge in [0.1, 0.15) is 10.9 Å². The Hall–Kier alpha value is -1.52. The van der Waals surface area contributed by atoms with Gasteiger partial charge < -0.3 is 9.73 Å². The Morgan fingerprint density at radius 2 is 2.30 bits per heavy atom. The molecular formula is C14H12Cl2N2O2. The smallest absolute Gasteiger partial charge is 0.253 e. The Morgan fingerprint density at radius 3 is 3.15 bits per heavy atom. The van der Waals surface area contributed by atoms with E-state index in [1.54, 1.807) is 6.26 Å². The van der Waals surface area contributed by atoms with Crippen LogP contribution in [-0.4, -0.2) is 10.9 Å². The average molecular weight is 311 g/mol. The molecule has 0 aliphatic heterocycles. The predicted octanol–water partition coefficient (Wildman–Crippen LogP) is 3.79. The third kappa shape index (κ3) is 2.53. The van der Waals surface area contributed by atoms with Crippen LogP contribution in [0.3, 0.4) is 0 Å². The maximum absolute atomic E-state index is 12.3. The van der Waals surface area contributed by atoms with Crippen LogP contribution in [0.25, 0.3) is 0 Å². The van der Waals surface area contributed by atoms with Crippen molar-refractivity contribution in [1.82, 2.24) is 10.3 Å². The summed E-state index contributed by atoms with van der Waals surface area (Å²) in [7, 11) is 0. The molecule has 1 N–H and O–H groups in total. The van der Waals surface area contributed by atoms with Crippen molar-refractivity contribution < 1.29 is 9.21 Å². The number of fused-ring (bicyclic) bond motifs is 1. The number of pyridine rings is 1. The van der Waals surface area contributed by atoms with Crippen LogP contribution < -0.4 is 5.32 Å². The molecule has 0 spiro atoms. The molecule has 2 aromatic heterocycles. The zero-order chi connectivity index (χ0) is 14.1. The fraction of sp³-hybridized carbons (Fsp3) is 0.286. The van der Waals surface area contributed by atoms with Crippen LogP contribution in [0.4, 0.5) is 0 Å². The Bertz CT molecular complexity index is 654. The lowest BCUT2D eigenvalue weighted by Gasteiger charge is -2.22. The van der Waals surface area contributed by atoms with Crippen molar-refractivity contribution >= 4 is 29.1 Å². The molecule has 4 nitrogen and oxygen atoms in total. The number of nitrogens with one attached hydrogen (secondary N) is 1. The van der Waals surface area contributed by atoms with Gasteiger partial charge in [-0.2, -0.15) is 0 Å². The first kappa shape index (κ1) is 13.5. The van der Waals surface area contributed by atoms with Crippen LogP contribution in [-0.2, 0) is 6.42 Å². The molecule has 0 saturated carbocycles. The minimum atomic E-state index is -0.252. The second-order valence-corrected chi connectivity index (χ2v) is 5.50. The van der Waals surface area contributed by atoms with E-state index in [0.29, 0.717) is 5.56 Å². The van der Waals surface area contributed by atoms with E-state index in [4.69, 9.17) is 27.6 Å². The average Bonchev–Trinajstić information content (AvgIpc) is 2.91. The van der Waals surface area contributed by atoms with E-state index in [2.05, 4.69) is 10.3 Å². The fourth-order valence-corrected chi connectivity index (χ4v) is 2.81. The number of hydrogen-bond acceptors (Lipinski definition) is 3. The molecule has 1 aliphatic carbocycles. The first-order chi connectivity index (χ1) is 9.65. The molecule has 1 amide bonds. The standard InChI is InChI=1S/C14H12Cl2N2O2/c15-10-7-17-13(16)6-9(10)14(19)18-11-2-1-3-12-8(11)4-5-20-12/h4-7,11H,1-3H2,(H,18,19). The van der Waals surface area contributed by atoms with Crippen molar-refractivity contribution in [3.8, 4) is 0 Å². The lowest BCUT2D eigenvalue weighted by molar-refractivity contribution is 0.0932. The van der Waals surface area contributed by atoms with E-state index in [0.717, 1.165) is 30.6 Å². The monoisotopic (exact) mass is 310 g/mol. The summed E-state index contributed by atoms with van der Waals surface area (Å²) in [5.41, 5.74) is 1.38. The summed E-state index contributed by atoms with van der Waals surface area (Å²) in [6.07, 6.45) is 5.82. The second kappa shape index (κ2) is 5.46. The van der Waals surface area contributed by atoms with Crippen LogP contribution in [0.1, 0.15) is 40.6 Å². The highest BCUT2D eigenvalue weighted by molar-refractivity contribution is 6.35. The SMILES string of the molecule is O=C(NC1CCCc2occc21)c1cc(Cl)ncc1Cl. The number of nitrogens with zero attached hydrogens (tertiary/aromatic N) is 1. The lowest BCUT2D eigenvalue weighted by Crippen LogP contribution is -2.30. The normalized spacial score (nSPS) is 17.6. The molecule has 0 fully saturated rings. The quantitative estimate of drug-likeness (QED) is 0.859. The molecular weight excluding hydrogens is 299 g/mol. The molecule has 2 heterocycles. The topological polar surface area (TPSA) is 55.1 Å². The molecule has 1 atom stereocenters. The molecule has 3 rings (SSSR count).